The van der Waals surface area contributed by atoms with E-state index in [0.29, 0.717) is 25.3 Å². The fraction of sp³-hybridized carbons (Fsp3) is 0.333. The minimum absolute atomic E-state index is 0.0416. The standard InChI is InChI=1S/C18H16Cl2F2N2O3/c19-15-6-11(21)7-16(22)14(15)10-26-9-12-8-24(4-5-27-12)18(25)13-2-1-3-23-17(13)20/h1-3,6-7,12H,4-5,8-10H2. The molecule has 0 spiro atoms. The lowest BCUT2D eigenvalue weighted by molar-refractivity contribution is -0.0649. The minimum Gasteiger partial charge on any atom is -0.374 e. The molecule has 0 radical (unpaired) electrons. The molecule has 1 aliphatic heterocycles. The molecule has 1 unspecified atom stereocenters. The number of nitrogens with zero attached hydrogens (tertiary/aromatic N) is 2. The second-order valence-electron chi connectivity index (χ2n) is 5.95. The maximum absolute atomic E-state index is 13.8. The van der Waals surface area contributed by atoms with Crippen molar-refractivity contribution in [1.82, 2.24) is 9.88 Å². The van der Waals surface area contributed by atoms with E-state index in [1.54, 1.807) is 17.0 Å². The summed E-state index contributed by atoms with van der Waals surface area (Å²) in [6.45, 7) is 1.04. The molecule has 1 aliphatic rings. The normalized spacial score (nSPS) is 17.2. The molecule has 2 heterocycles. The lowest BCUT2D eigenvalue weighted by atomic mass is 10.2. The van der Waals surface area contributed by atoms with E-state index < -0.39 is 11.6 Å². The van der Waals surface area contributed by atoms with Crippen LogP contribution in [0.15, 0.2) is 30.5 Å². The molecule has 1 saturated heterocycles. The number of hydrogen-bond acceptors (Lipinski definition) is 4. The average Bonchev–Trinajstić information content (AvgIpc) is 2.64. The van der Waals surface area contributed by atoms with Gasteiger partial charge in [0.05, 0.1) is 36.5 Å². The van der Waals surface area contributed by atoms with Crippen molar-refractivity contribution < 1.29 is 23.0 Å². The van der Waals surface area contributed by atoms with Crippen molar-refractivity contribution in [1.29, 1.82) is 0 Å². The number of aromatic nitrogens is 1. The molecule has 3 rings (SSSR count). The minimum atomic E-state index is -0.771. The number of halogens is 4. The molecule has 1 amide bonds. The Bertz CT molecular complexity index is 815. The van der Waals surface area contributed by atoms with Crippen LogP contribution in [0.25, 0.3) is 0 Å². The van der Waals surface area contributed by atoms with Crippen molar-refractivity contribution in [2.24, 2.45) is 0 Å². The van der Waals surface area contributed by atoms with Crippen LogP contribution < -0.4 is 0 Å². The van der Waals surface area contributed by atoms with Gasteiger partial charge in [-0.3, -0.25) is 4.79 Å². The Kier molecular flexibility index (Phi) is 6.59. The number of pyridine rings is 1. The number of morpholine rings is 1. The number of benzene rings is 1. The Balaban J connectivity index is 1.56. The first-order chi connectivity index (χ1) is 13.0. The molecule has 27 heavy (non-hydrogen) atoms. The van der Waals surface area contributed by atoms with Crippen LogP contribution >= 0.6 is 23.2 Å². The Morgan fingerprint density at radius 1 is 1.37 bits per heavy atom. The van der Waals surface area contributed by atoms with Gasteiger partial charge in [-0.1, -0.05) is 23.2 Å². The third-order valence-electron chi connectivity index (χ3n) is 4.07. The number of ether oxygens (including phenoxy) is 2. The van der Waals surface area contributed by atoms with E-state index in [2.05, 4.69) is 4.98 Å². The molecule has 0 N–H and O–H groups in total. The highest BCUT2D eigenvalue weighted by atomic mass is 35.5. The first-order valence-corrected chi connectivity index (χ1v) is 8.94. The Morgan fingerprint density at radius 3 is 2.93 bits per heavy atom. The second kappa shape index (κ2) is 8.93. The SMILES string of the molecule is O=C(c1cccnc1Cl)N1CCOC(COCc2c(F)cc(F)cc2Cl)C1. The van der Waals surface area contributed by atoms with Gasteiger partial charge in [-0.25, -0.2) is 13.8 Å². The van der Waals surface area contributed by atoms with Crippen molar-refractivity contribution in [3.05, 3.63) is 63.4 Å². The van der Waals surface area contributed by atoms with Crippen LogP contribution in [0.2, 0.25) is 10.2 Å². The van der Waals surface area contributed by atoms with Crippen LogP contribution in [0.5, 0.6) is 0 Å². The highest BCUT2D eigenvalue weighted by molar-refractivity contribution is 6.32. The number of carbonyl (C=O) groups is 1. The molecular weight excluding hydrogens is 401 g/mol. The van der Waals surface area contributed by atoms with Gasteiger partial charge in [0.2, 0.25) is 0 Å². The van der Waals surface area contributed by atoms with Gasteiger partial charge in [-0.15, -0.1) is 0 Å². The molecule has 1 aromatic heterocycles. The van der Waals surface area contributed by atoms with E-state index >= 15 is 0 Å². The fourth-order valence-corrected chi connectivity index (χ4v) is 3.17. The fourth-order valence-electron chi connectivity index (χ4n) is 2.72. The van der Waals surface area contributed by atoms with Crippen molar-refractivity contribution in [2.75, 3.05) is 26.3 Å². The van der Waals surface area contributed by atoms with Gasteiger partial charge < -0.3 is 14.4 Å². The summed E-state index contributed by atoms with van der Waals surface area (Å²) in [6.07, 6.45) is 1.12. The smallest absolute Gasteiger partial charge is 0.257 e. The number of carbonyl (C=O) groups excluding carboxylic acids is 1. The van der Waals surface area contributed by atoms with E-state index in [1.807, 2.05) is 0 Å². The van der Waals surface area contributed by atoms with Gasteiger partial charge in [0.15, 0.2) is 0 Å². The maximum atomic E-state index is 13.8. The molecule has 5 nitrogen and oxygen atoms in total. The zero-order chi connectivity index (χ0) is 19.4. The van der Waals surface area contributed by atoms with E-state index in [-0.39, 0.29) is 41.0 Å². The maximum Gasteiger partial charge on any atom is 0.257 e. The summed E-state index contributed by atoms with van der Waals surface area (Å²) < 4.78 is 37.9. The predicted octanol–water partition coefficient (Wildman–Crippen LogP) is 3.72. The van der Waals surface area contributed by atoms with Gasteiger partial charge in [0.1, 0.15) is 16.8 Å². The molecule has 144 valence electrons. The van der Waals surface area contributed by atoms with Gasteiger partial charge in [-0.05, 0) is 18.2 Å². The number of rotatable bonds is 5. The average molecular weight is 417 g/mol. The Labute approximate surface area is 164 Å². The lowest BCUT2D eigenvalue weighted by Crippen LogP contribution is -2.47. The van der Waals surface area contributed by atoms with Crippen molar-refractivity contribution in [2.45, 2.75) is 12.7 Å². The van der Waals surface area contributed by atoms with E-state index in [9.17, 15) is 13.6 Å². The Hall–Kier alpha value is -1.80. The summed E-state index contributed by atoms with van der Waals surface area (Å²) in [5, 5.41) is 0.100. The van der Waals surface area contributed by atoms with Gasteiger partial charge in [0.25, 0.3) is 5.91 Å². The van der Waals surface area contributed by atoms with E-state index in [1.165, 1.54) is 6.20 Å². The highest BCUT2D eigenvalue weighted by Crippen LogP contribution is 2.22. The lowest BCUT2D eigenvalue weighted by Gasteiger charge is -2.33. The van der Waals surface area contributed by atoms with Crippen LogP contribution in [0, 0.1) is 11.6 Å². The molecule has 2 aromatic rings. The van der Waals surface area contributed by atoms with Crippen LogP contribution in [0.4, 0.5) is 8.78 Å². The molecule has 0 saturated carbocycles. The number of amides is 1. The zero-order valence-corrected chi connectivity index (χ0v) is 15.6. The van der Waals surface area contributed by atoms with Gasteiger partial charge >= 0.3 is 0 Å². The van der Waals surface area contributed by atoms with Crippen molar-refractivity contribution >= 4 is 29.1 Å². The summed E-state index contributed by atoms with van der Waals surface area (Å²) in [7, 11) is 0. The topological polar surface area (TPSA) is 51.7 Å². The summed E-state index contributed by atoms with van der Waals surface area (Å²) in [6, 6.07) is 5.03. The van der Waals surface area contributed by atoms with E-state index in [4.69, 9.17) is 32.7 Å². The van der Waals surface area contributed by atoms with Gasteiger partial charge in [0, 0.05) is 30.9 Å². The molecule has 1 atom stereocenters. The molecule has 0 aliphatic carbocycles. The molecule has 0 bridgehead atoms. The van der Waals surface area contributed by atoms with E-state index in [0.717, 1.165) is 12.1 Å². The van der Waals surface area contributed by atoms with Gasteiger partial charge in [-0.2, -0.15) is 0 Å². The third-order valence-corrected chi connectivity index (χ3v) is 4.71. The summed E-state index contributed by atoms with van der Waals surface area (Å²) >= 11 is 11.8. The van der Waals surface area contributed by atoms with Crippen LogP contribution in [0.3, 0.4) is 0 Å². The predicted molar refractivity (Wildman–Crippen MR) is 95.9 cm³/mol. The largest absolute Gasteiger partial charge is 0.374 e. The van der Waals surface area contributed by atoms with Crippen LogP contribution in [-0.2, 0) is 16.1 Å². The zero-order valence-electron chi connectivity index (χ0n) is 14.1. The molecular formula is C18H16Cl2F2N2O3. The highest BCUT2D eigenvalue weighted by Gasteiger charge is 2.26. The second-order valence-corrected chi connectivity index (χ2v) is 6.71. The molecule has 1 fully saturated rings. The number of hydrogen-bond donors (Lipinski definition) is 0. The third kappa shape index (κ3) is 4.93. The monoisotopic (exact) mass is 416 g/mol. The van der Waals surface area contributed by atoms with Crippen LogP contribution in [0.1, 0.15) is 15.9 Å². The quantitative estimate of drug-likeness (QED) is 0.696. The summed E-state index contributed by atoms with van der Waals surface area (Å²) in [5.41, 5.74) is 0.393. The molecule has 9 heteroatoms. The summed E-state index contributed by atoms with van der Waals surface area (Å²) in [5.74, 6) is -1.76. The van der Waals surface area contributed by atoms with Crippen molar-refractivity contribution in [3.63, 3.8) is 0 Å². The van der Waals surface area contributed by atoms with Crippen LogP contribution in [-0.4, -0.2) is 48.2 Å². The summed E-state index contributed by atoms with van der Waals surface area (Å²) in [4.78, 5) is 18.1. The Morgan fingerprint density at radius 2 is 2.19 bits per heavy atom. The van der Waals surface area contributed by atoms with Crippen molar-refractivity contribution in [3.8, 4) is 0 Å². The molecule has 1 aromatic carbocycles. The first-order valence-electron chi connectivity index (χ1n) is 8.18. The first kappa shape index (κ1) is 19.9.